The molecule has 6 rings (SSSR count). The van der Waals surface area contributed by atoms with Crippen molar-refractivity contribution in [3.8, 4) is 0 Å². The molecular formula is C34H47N3O5. The SMILES string of the molecule is COC1=CC2CN3C(=O)N(C[C@@H]4COC(C)(C)O4)C4(CCN(Cc5cc(C)cc(C)c5)CC4)C3=CC(C)C2C(OC)=C1. The van der Waals surface area contributed by atoms with E-state index in [0.717, 1.165) is 49.7 Å². The first-order chi connectivity index (χ1) is 20.0. The van der Waals surface area contributed by atoms with Crippen molar-refractivity contribution in [2.45, 2.75) is 71.4 Å². The minimum Gasteiger partial charge on any atom is -0.501 e. The van der Waals surface area contributed by atoms with Crippen LogP contribution in [0.5, 0.6) is 0 Å². The van der Waals surface area contributed by atoms with E-state index < -0.39 is 5.79 Å². The number of fused-ring (bicyclic) bond motifs is 3. The van der Waals surface area contributed by atoms with E-state index in [9.17, 15) is 4.79 Å². The van der Waals surface area contributed by atoms with Crippen LogP contribution in [0.25, 0.3) is 0 Å². The molecule has 1 spiro atoms. The van der Waals surface area contributed by atoms with Crippen LogP contribution in [-0.4, -0.2) is 85.2 Å². The summed E-state index contributed by atoms with van der Waals surface area (Å²) in [6.45, 7) is 14.9. The molecule has 3 unspecified atom stereocenters. The summed E-state index contributed by atoms with van der Waals surface area (Å²) in [5.41, 5.74) is 4.74. The number of urea groups is 1. The number of hydrogen-bond acceptors (Lipinski definition) is 6. The number of carbonyl (C=O) groups excluding carboxylic acids is 1. The lowest BCUT2D eigenvalue weighted by Gasteiger charge is -2.45. The fraction of sp³-hybridized carbons (Fsp3) is 0.618. The maximum atomic E-state index is 14.4. The molecule has 5 aliphatic rings. The van der Waals surface area contributed by atoms with Gasteiger partial charge in [0, 0.05) is 49.8 Å². The van der Waals surface area contributed by atoms with E-state index in [0.29, 0.717) is 19.7 Å². The fourth-order valence-corrected chi connectivity index (χ4v) is 8.09. The minimum atomic E-state index is -0.631. The van der Waals surface area contributed by atoms with Crippen molar-refractivity contribution < 1.29 is 23.7 Å². The Labute approximate surface area is 250 Å². The number of rotatable bonds is 6. The van der Waals surface area contributed by atoms with Crippen molar-refractivity contribution in [2.75, 3.05) is 47.0 Å². The molecule has 1 aromatic carbocycles. The number of methoxy groups -OCH3 is 2. The quantitative estimate of drug-likeness (QED) is 0.453. The van der Waals surface area contributed by atoms with Crippen molar-refractivity contribution in [2.24, 2.45) is 17.8 Å². The number of amides is 2. The molecule has 1 aliphatic carbocycles. The van der Waals surface area contributed by atoms with Gasteiger partial charge in [0.15, 0.2) is 5.79 Å². The predicted molar refractivity (Wildman–Crippen MR) is 161 cm³/mol. The number of aryl methyl sites for hydroxylation is 2. The van der Waals surface area contributed by atoms with Gasteiger partial charge >= 0.3 is 6.03 Å². The Balaban J connectivity index is 1.32. The zero-order valence-electron chi connectivity index (χ0n) is 26.3. The van der Waals surface area contributed by atoms with Gasteiger partial charge in [-0.1, -0.05) is 42.3 Å². The lowest BCUT2D eigenvalue weighted by Crippen LogP contribution is -2.55. The van der Waals surface area contributed by atoms with Crippen molar-refractivity contribution in [1.29, 1.82) is 0 Å². The van der Waals surface area contributed by atoms with Gasteiger partial charge in [-0.3, -0.25) is 9.80 Å². The van der Waals surface area contributed by atoms with Gasteiger partial charge in [0.2, 0.25) is 0 Å². The predicted octanol–water partition coefficient (Wildman–Crippen LogP) is 5.37. The highest BCUT2D eigenvalue weighted by molar-refractivity contribution is 5.83. The Hall–Kier alpha value is -2.81. The summed E-state index contributed by atoms with van der Waals surface area (Å²) in [4.78, 5) is 21.2. The Morgan fingerprint density at radius 3 is 2.36 bits per heavy atom. The highest BCUT2D eigenvalue weighted by atomic mass is 16.7. The Morgan fingerprint density at radius 2 is 1.74 bits per heavy atom. The fourth-order valence-electron chi connectivity index (χ4n) is 8.09. The van der Waals surface area contributed by atoms with Gasteiger partial charge in [0.25, 0.3) is 0 Å². The number of likely N-dealkylation sites (tertiary alicyclic amines) is 1. The molecule has 0 saturated carbocycles. The largest absolute Gasteiger partial charge is 0.501 e. The second-order valence-corrected chi connectivity index (χ2v) is 13.4. The summed E-state index contributed by atoms with van der Waals surface area (Å²) in [6.07, 6.45) is 8.17. The lowest BCUT2D eigenvalue weighted by molar-refractivity contribution is -0.140. The van der Waals surface area contributed by atoms with Gasteiger partial charge in [-0.05, 0) is 58.1 Å². The Bertz CT molecular complexity index is 1290. The second-order valence-electron chi connectivity index (χ2n) is 13.4. The van der Waals surface area contributed by atoms with Crippen LogP contribution < -0.4 is 0 Å². The van der Waals surface area contributed by atoms with Crippen molar-refractivity contribution in [3.05, 3.63) is 70.3 Å². The molecule has 0 aromatic heterocycles. The first-order valence-electron chi connectivity index (χ1n) is 15.5. The van der Waals surface area contributed by atoms with E-state index in [1.807, 2.05) is 19.9 Å². The van der Waals surface area contributed by atoms with Gasteiger partial charge < -0.3 is 23.8 Å². The first kappa shape index (κ1) is 29.3. The van der Waals surface area contributed by atoms with Crippen LogP contribution in [0, 0.1) is 31.6 Å². The third kappa shape index (κ3) is 5.26. The molecule has 1 aromatic rings. The number of allylic oxidation sites excluding steroid dienone is 3. The third-order valence-electron chi connectivity index (χ3n) is 9.88. The van der Waals surface area contributed by atoms with Crippen LogP contribution >= 0.6 is 0 Å². The summed E-state index contributed by atoms with van der Waals surface area (Å²) in [5, 5.41) is 0. The highest BCUT2D eigenvalue weighted by Crippen LogP contribution is 2.49. The van der Waals surface area contributed by atoms with E-state index in [2.05, 4.69) is 65.8 Å². The molecule has 4 aliphatic heterocycles. The maximum absolute atomic E-state index is 14.4. The molecule has 3 fully saturated rings. The normalized spacial score (nSPS) is 30.4. The van der Waals surface area contributed by atoms with Crippen molar-refractivity contribution >= 4 is 6.03 Å². The molecule has 3 saturated heterocycles. The highest BCUT2D eigenvalue weighted by Gasteiger charge is 2.57. The van der Waals surface area contributed by atoms with E-state index in [1.54, 1.807) is 14.2 Å². The number of benzene rings is 1. The van der Waals surface area contributed by atoms with Crippen LogP contribution in [0.15, 0.2) is 53.6 Å². The maximum Gasteiger partial charge on any atom is 0.325 e. The van der Waals surface area contributed by atoms with Crippen LogP contribution in [0.1, 0.15) is 50.3 Å². The number of carbonyl (C=O) groups is 1. The third-order valence-corrected chi connectivity index (χ3v) is 9.88. The zero-order valence-corrected chi connectivity index (χ0v) is 26.3. The molecule has 42 heavy (non-hydrogen) atoms. The van der Waals surface area contributed by atoms with Crippen LogP contribution in [0.3, 0.4) is 0 Å². The van der Waals surface area contributed by atoms with Crippen molar-refractivity contribution in [3.63, 3.8) is 0 Å². The summed E-state index contributed by atoms with van der Waals surface area (Å²) in [6, 6.07) is 6.90. The smallest absolute Gasteiger partial charge is 0.325 e. The molecule has 0 bridgehead atoms. The first-order valence-corrected chi connectivity index (χ1v) is 15.5. The van der Waals surface area contributed by atoms with Crippen LogP contribution in [0.2, 0.25) is 0 Å². The van der Waals surface area contributed by atoms with Gasteiger partial charge in [-0.25, -0.2) is 4.79 Å². The molecule has 4 atom stereocenters. The van der Waals surface area contributed by atoms with Crippen LogP contribution in [0.4, 0.5) is 4.79 Å². The van der Waals surface area contributed by atoms with E-state index in [4.69, 9.17) is 18.9 Å². The molecule has 8 nitrogen and oxygen atoms in total. The van der Waals surface area contributed by atoms with Gasteiger partial charge in [-0.15, -0.1) is 0 Å². The van der Waals surface area contributed by atoms with Crippen molar-refractivity contribution in [1.82, 2.24) is 14.7 Å². The average molecular weight is 578 g/mol. The summed E-state index contributed by atoms with van der Waals surface area (Å²) in [5.74, 6) is 1.53. The minimum absolute atomic E-state index is 0.0750. The number of piperidine rings is 1. The second kappa shape index (κ2) is 11.0. The molecule has 0 N–H and O–H groups in total. The number of ether oxygens (including phenoxy) is 4. The van der Waals surface area contributed by atoms with Crippen LogP contribution in [-0.2, 0) is 25.5 Å². The summed E-state index contributed by atoms with van der Waals surface area (Å²) < 4.78 is 23.7. The summed E-state index contributed by atoms with van der Waals surface area (Å²) >= 11 is 0. The molecule has 2 amide bonds. The van der Waals surface area contributed by atoms with Gasteiger partial charge in [-0.2, -0.15) is 0 Å². The monoisotopic (exact) mass is 577 g/mol. The van der Waals surface area contributed by atoms with E-state index >= 15 is 0 Å². The number of hydrogen-bond donors (Lipinski definition) is 0. The number of nitrogens with zero attached hydrogens (tertiary/aromatic N) is 3. The Morgan fingerprint density at radius 1 is 1.02 bits per heavy atom. The van der Waals surface area contributed by atoms with Gasteiger partial charge in [0.1, 0.15) is 17.6 Å². The molecule has 8 heteroatoms. The Kier molecular flexibility index (Phi) is 7.69. The molecular weight excluding hydrogens is 530 g/mol. The average Bonchev–Trinajstić information content (AvgIpc) is 3.31. The zero-order chi connectivity index (χ0) is 29.8. The van der Waals surface area contributed by atoms with E-state index in [-0.39, 0.29) is 35.4 Å². The summed E-state index contributed by atoms with van der Waals surface area (Å²) in [7, 11) is 3.42. The lowest BCUT2D eigenvalue weighted by atomic mass is 9.77. The molecule has 0 radical (unpaired) electrons. The standard InChI is InChI=1S/C34H47N3O5/c1-22-12-23(2)14-25(13-22)18-35-10-8-34(9-11-35)30-15-24(3)31-26(16-27(39-6)17-29(31)40-7)19-36(30)32(38)37(34)20-28-21-41-33(4,5)42-28/h12-17,24,26,28,31H,8-11,18-21H2,1-7H3/t24?,26?,28-,31?/m1/s1. The van der Waals surface area contributed by atoms with E-state index in [1.165, 1.54) is 16.7 Å². The molecule has 228 valence electrons. The topological polar surface area (TPSA) is 63.7 Å². The van der Waals surface area contributed by atoms with Gasteiger partial charge in [0.05, 0.1) is 32.9 Å². The molecule has 4 heterocycles.